The number of nitrogens with zero attached hydrogens (tertiary/aromatic N) is 6. The van der Waals surface area contributed by atoms with Crippen LogP contribution in [0.25, 0.3) is 22.8 Å². The Bertz CT molecular complexity index is 1600. The molecule has 40 heavy (non-hydrogen) atoms. The summed E-state index contributed by atoms with van der Waals surface area (Å²) in [7, 11) is 2.15. The molecule has 206 valence electrons. The van der Waals surface area contributed by atoms with Crippen LogP contribution in [0.4, 0.5) is 5.00 Å². The van der Waals surface area contributed by atoms with Crippen molar-refractivity contribution in [3.8, 4) is 34.7 Å². The number of nitrogens with two attached hydrogens (primary N) is 1. The molecule has 0 unspecified atom stereocenters. The largest absolute Gasteiger partial charge is 0.473 e. The van der Waals surface area contributed by atoms with Gasteiger partial charge in [-0.2, -0.15) is 10.2 Å². The fraction of sp³-hybridized carbons (Fsp3) is 0.483. The molecule has 4 aromatic rings. The van der Waals surface area contributed by atoms with Gasteiger partial charge < -0.3 is 15.0 Å². The van der Waals surface area contributed by atoms with Gasteiger partial charge in [0.25, 0.3) is 0 Å². The summed E-state index contributed by atoms with van der Waals surface area (Å²) in [5, 5.41) is 17.2. The maximum absolute atomic E-state index is 10.0. The maximum atomic E-state index is 10.0. The first-order chi connectivity index (χ1) is 19.5. The van der Waals surface area contributed by atoms with E-state index in [1.165, 1.54) is 22.8 Å². The monoisotopic (exact) mass is 573 g/mol. The highest BCUT2D eigenvalue weighted by atomic mass is 32.1. The summed E-state index contributed by atoms with van der Waals surface area (Å²) in [6.07, 6.45) is 9.65. The van der Waals surface area contributed by atoms with Gasteiger partial charge in [-0.15, -0.1) is 11.3 Å². The first-order valence-electron chi connectivity index (χ1n) is 14.0. The number of nitriles is 1. The second kappa shape index (κ2) is 9.94. The van der Waals surface area contributed by atoms with Crippen molar-refractivity contribution < 1.29 is 9.26 Å². The molecule has 3 atom stereocenters. The number of nitrogen functional groups attached to an aromatic ring is 1. The second-order valence-electron chi connectivity index (χ2n) is 11.2. The summed E-state index contributed by atoms with van der Waals surface area (Å²) >= 11 is 2.94. The van der Waals surface area contributed by atoms with Gasteiger partial charge in [0, 0.05) is 33.5 Å². The van der Waals surface area contributed by atoms with Crippen LogP contribution < -0.4 is 10.5 Å². The predicted molar refractivity (Wildman–Crippen MR) is 154 cm³/mol. The zero-order chi connectivity index (χ0) is 27.4. The third-order valence-corrected chi connectivity index (χ3v) is 10.6. The number of hydrogen-bond acceptors (Lipinski definition) is 11. The lowest BCUT2D eigenvalue weighted by Crippen LogP contribution is -2.38. The van der Waals surface area contributed by atoms with Crippen molar-refractivity contribution in [3.63, 3.8) is 0 Å². The molecule has 11 heteroatoms. The van der Waals surface area contributed by atoms with Crippen LogP contribution in [-0.4, -0.2) is 50.1 Å². The summed E-state index contributed by atoms with van der Waals surface area (Å²) < 4.78 is 17.0. The molecule has 1 fully saturated rings. The number of rotatable bonds is 5. The molecular weight excluding hydrogens is 543 g/mol. The number of aromatic nitrogens is 4. The molecule has 9 nitrogen and oxygen atoms in total. The van der Waals surface area contributed by atoms with Crippen LogP contribution in [0.1, 0.15) is 72.8 Å². The van der Waals surface area contributed by atoms with Crippen LogP contribution in [0.5, 0.6) is 5.88 Å². The van der Waals surface area contributed by atoms with Gasteiger partial charge in [0.15, 0.2) is 17.3 Å². The summed E-state index contributed by atoms with van der Waals surface area (Å²) in [6.45, 7) is 3.19. The summed E-state index contributed by atoms with van der Waals surface area (Å²) in [4.78, 5) is 13.4. The Morgan fingerprint density at radius 3 is 2.85 bits per heavy atom. The van der Waals surface area contributed by atoms with Crippen LogP contribution in [0.15, 0.2) is 22.2 Å². The van der Waals surface area contributed by atoms with Gasteiger partial charge in [-0.3, -0.25) is 4.90 Å². The first-order valence-corrected chi connectivity index (χ1v) is 15.6. The molecule has 2 N–H and O–H groups in total. The average Bonchev–Trinajstić information content (AvgIpc) is 3.75. The minimum Gasteiger partial charge on any atom is -0.473 e. The fourth-order valence-electron chi connectivity index (χ4n) is 7.09. The highest BCUT2D eigenvalue weighted by molar-refractivity contribution is 7.16. The number of fused-ring (bicyclic) bond motifs is 4. The van der Waals surface area contributed by atoms with Crippen LogP contribution in [0, 0.1) is 11.3 Å². The van der Waals surface area contributed by atoms with Crippen LogP contribution >= 0.6 is 22.9 Å². The molecular formula is C29H31N7O2S2. The van der Waals surface area contributed by atoms with Gasteiger partial charge in [-0.05, 0) is 89.0 Å². The van der Waals surface area contributed by atoms with Crippen LogP contribution in [-0.2, 0) is 18.3 Å². The smallest absolute Gasteiger partial charge is 0.217 e. The molecule has 1 spiro atoms. The van der Waals surface area contributed by atoms with Crippen LogP contribution in [0.2, 0.25) is 0 Å². The number of ether oxygens (including phenoxy) is 1. The Kier molecular flexibility index (Phi) is 6.37. The van der Waals surface area contributed by atoms with E-state index in [1.54, 1.807) is 11.3 Å². The zero-order valence-corrected chi connectivity index (χ0v) is 24.3. The highest BCUT2D eigenvalue weighted by Crippen LogP contribution is 2.55. The van der Waals surface area contributed by atoms with E-state index in [9.17, 15) is 5.26 Å². The van der Waals surface area contributed by atoms with E-state index in [1.807, 2.05) is 17.6 Å². The molecule has 3 aliphatic rings. The number of hydrogen-bond donors (Lipinski definition) is 1. The Hall–Kier alpha value is -3.33. The van der Waals surface area contributed by atoms with E-state index < -0.39 is 0 Å². The summed E-state index contributed by atoms with van der Waals surface area (Å²) in [6, 6.07) is 4.63. The third kappa shape index (κ3) is 4.04. The molecule has 2 aliphatic carbocycles. The van der Waals surface area contributed by atoms with Crippen molar-refractivity contribution >= 4 is 27.9 Å². The molecule has 7 rings (SSSR count). The molecule has 4 aromatic heterocycles. The van der Waals surface area contributed by atoms with Crippen molar-refractivity contribution in [2.24, 2.45) is 0 Å². The van der Waals surface area contributed by atoms with Crippen molar-refractivity contribution in [3.05, 3.63) is 45.0 Å². The second-order valence-corrected chi connectivity index (χ2v) is 13.0. The average molecular weight is 574 g/mol. The van der Waals surface area contributed by atoms with Gasteiger partial charge in [-0.1, -0.05) is 5.16 Å². The third-order valence-electron chi connectivity index (χ3n) is 8.93. The zero-order valence-electron chi connectivity index (χ0n) is 22.6. The van der Waals surface area contributed by atoms with Gasteiger partial charge in [0.05, 0.1) is 22.9 Å². The Morgan fingerprint density at radius 2 is 2.10 bits per heavy atom. The lowest BCUT2D eigenvalue weighted by Gasteiger charge is -2.39. The molecule has 0 amide bonds. The number of aryl methyl sites for hydroxylation is 1. The Balaban J connectivity index is 1.33. The van der Waals surface area contributed by atoms with Crippen molar-refractivity contribution in [1.82, 2.24) is 24.4 Å². The number of likely N-dealkylation sites (N-methyl/N-ethyl adjacent to an activating group) is 1. The standard InChI is InChI=1S/C29H31N7O2S2/c1-16(21-7-5-11-36(21)2)37-23-12-20(17-14-32-39-15-17)33-28(34-23)25-18-6-3-9-29(26(18)38-35-25)10-4-8-22-24(29)19(13-30)27(31)40-22/h12,14-16,21H,3-11,31H2,1-2H3/t16-,21-,29-/m0/s1. The van der Waals surface area contributed by atoms with E-state index in [0.717, 1.165) is 79.6 Å². The molecule has 1 saturated heterocycles. The van der Waals surface area contributed by atoms with Gasteiger partial charge >= 0.3 is 0 Å². The van der Waals surface area contributed by atoms with E-state index in [0.29, 0.717) is 34.0 Å². The molecule has 5 heterocycles. The normalized spacial score (nSPS) is 23.1. The maximum Gasteiger partial charge on any atom is 0.217 e. The number of thiophene rings is 1. The van der Waals surface area contributed by atoms with Gasteiger partial charge in [0.2, 0.25) is 5.88 Å². The SMILES string of the molecule is C[C@H](Oc1cc(-c2cnsc2)nc(-c2noc3c2CCC[C@@]32CCCc3sc(N)c(C#N)c32)n1)[C@@H]1CCCN1C. The number of likely N-dealkylation sites (tertiary alicyclic amines) is 1. The number of anilines is 1. The molecule has 0 radical (unpaired) electrons. The lowest BCUT2D eigenvalue weighted by molar-refractivity contribution is 0.117. The van der Waals surface area contributed by atoms with Crippen LogP contribution in [0.3, 0.4) is 0 Å². The minimum absolute atomic E-state index is 0.0210. The first kappa shape index (κ1) is 25.6. The summed E-state index contributed by atoms with van der Waals surface area (Å²) in [5.74, 6) is 1.87. The Labute approximate surface area is 241 Å². The lowest BCUT2D eigenvalue weighted by atomic mass is 9.63. The summed E-state index contributed by atoms with van der Waals surface area (Å²) in [5.41, 5.74) is 11.0. The Morgan fingerprint density at radius 1 is 1.25 bits per heavy atom. The van der Waals surface area contributed by atoms with Gasteiger partial charge in [0.1, 0.15) is 17.2 Å². The highest BCUT2D eigenvalue weighted by Gasteiger charge is 2.48. The minimum atomic E-state index is -0.388. The molecule has 0 aromatic carbocycles. The van der Waals surface area contributed by atoms with Crippen molar-refractivity contribution in [2.45, 2.75) is 75.9 Å². The topological polar surface area (TPSA) is 127 Å². The van der Waals surface area contributed by atoms with Gasteiger partial charge in [-0.25, -0.2) is 9.36 Å². The van der Waals surface area contributed by atoms with E-state index >= 15 is 0 Å². The van der Waals surface area contributed by atoms with Crippen molar-refractivity contribution in [2.75, 3.05) is 19.3 Å². The predicted octanol–water partition coefficient (Wildman–Crippen LogP) is 5.59. The van der Waals surface area contributed by atoms with E-state index in [-0.39, 0.29) is 11.5 Å². The quantitative estimate of drug-likeness (QED) is 0.325. The van der Waals surface area contributed by atoms with E-state index in [2.05, 4.69) is 34.5 Å². The fourth-order valence-corrected chi connectivity index (χ4v) is 8.78. The molecule has 1 aliphatic heterocycles. The van der Waals surface area contributed by atoms with Crippen molar-refractivity contribution in [1.29, 1.82) is 5.26 Å². The molecule has 0 bridgehead atoms. The molecule has 0 saturated carbocycles. The van der Waals surface area contributed by atoms with E-state index in [4.69, 9.17) is 25.0 Å².